The second kappa shape index (κ2) is 5.34. The molecule has 4 nitrogen and oxygen atoms in total. The van der Waals surface area contributed by atoms with Crippen molar-refractivity contribution in [2.24, 2.45) is 0 Å². The molecule has 1 fully saturated rings. The van der Waals surface area contributed by atoms with Crippen molar-refractivity contribution in [2.75, 3.05) is 13.1 Å². The standard InChI is InChI=1S/C12H17FN2O2S/c1-9-11(13)5-2-6-12(9)18(16,17)15-10-4-3-7-14-8-10/h2,5-6,10,14-15H,3-4,7-8H2,1H3/t10-/m1/s1. The Kier molecular flexibility index (Phi) is 3.99. The summed E-state index contributed by atoms with van der Waals surface area (Å²) >= 11 is 0. The summed E-state index contributed by atoms with van der Waals surface area (Å²) in [7, 11) is -3.64. The predicted octanol–water partition coefficient (Wildman–Crippen LogP) is 1.16. The summed E-state index contributed by atoms with van der Waals surface area (Å²) in [6.45, 7) is 3.01. The number of nitrogens with one attached hydrogen (secondary N) is 2. The van der Waals surface area contributed by atoms with Crippen LogP contribution in [0.4, 0.5) is 4.39 Å². The minimum Gasteiger partial charge on any atom is -0.315 e. The van der Waals surface area contributed by atoms with Gasteiger partial charge in [0.2, 0.25) is 10.0 Å². The van der Waals surface area contributed by atoms with Crippen LogP contribution in [-0.2, 0) is 10.0 Å². The molecular formula is C12H17FN2O2S. The smallest absolute Gasteiger partial charge is 0.241 e. The number of hydrogen-bond donors (Lipinski definition) is 2. The molecule has 100 valence electrons. The Hall–Kier alpha value is -0.980. The lowest BCUT2D eigenvalue weighted by Crippen LogP contribution is -2.45. The van der Waals surface area contributed by atoms with E-state index in [-0.39, 0.29) is 16.5 Å². The van der Waals surface area contributed by atoms with Crippen molar-refractivity contribution in [1.29, 1.82) is 0 Å². The lowest BCUT2D eigenvalue weighted by atomic mass is 10.1. The zero-order valence-corrected chi connectivity index (χ0v) is 11.1. The zero-order chi connectivity index (χ0) is 13.2. The molecule has 1 aromatic rings. The van der Waals surface area contributed by atoms with Crippen molar-refractivity contribution >= 4 is 10.0 Å². The molecule has 0 radical (unpaired) electrons. The lowest BCUT2D eigenvalue weighted by molar-refractivity contribution is 0.428. The van der Waals surface area contributed by atoms with E-state index in [0.717, 1.165) is 19.4 Å². The average Bonchev–Trinajstić information content (AvgIpc) is 2.33. The maximum Gasteiger partial charge on any atom is 0.241 e. The van der Waals surface area contributed by atoms with Crippen molar-refractivity contribution < 1.29 is 12.8 Å². The van der Waals surface area contributed by atoms with Crippen molar-refractivity contribution in [2.45, 2.75) is 30.7 Å². The second-order valence-corrected chi connectivity index (χ2v) is 6.21. The molecule has 1 aliphatic heterocycles. The van der Waals surface area contributed by atoms with E-state index < -0.39 is 15.8 Å². The molecule has 0 aromatic heterocycles. The summed E-state index contributed by atoms with van der Waals surface area (Å²) in [5, 5.41) is 3.13. The van der Waals surface area contributed by atoms with Crippen LogP contribution in [-0.4, -0.2) is 27.5 Å². The largest absolute Gasteiger partial charge is 0.315 e. The summed E-state index contributed by atoms with van der Waals surface area (Å²) in [6.07, 6.45) is 1.75. The molecule has 2 rings (SSSR count). The molecule has 1 atom stereocenters. The molecule has 1 aromatic carbocycles. The third-order valence-electron chi connectivity index (χ3n) is 3.13. The average molecular weight is 272 g/mol. The van der Waals surface area contributed by atoms with E-state index in [2.05, 4.69) is 10.0 Å². The Balaban J connectivity index is 2.22. The van der Waals surface area contributed by atoms with Gasteiger partial charge in [-0.25, -0.2) is 17.5 Å². The predicted molar refractivity (Wildman–Crippen MR) is 67.4 cm³/mol. The molecule has 18 heavy (non-hydrogen) atoms. The number of rotatable bonds is 3. The van der Waals surface area contributed by atoms with Gasteiger partial charge in [-0.2, -0.15) is 0 Å². The first-order valence-electron chi connectivity index (χ1n) is 5.99. The van der Waals surface area contributed by atoms with E-state index in [9.17, 15) is 12.8 Å². The highest BCUT2D eigenvalue weighted by atomic mass is 32.2. The number of hydrogen-bond acceptors (Lipinski definition) is 3. The molecule has 0 saturated carbocycles. The summed E-state index contributed by atoms with van der Waals surface area (Å²) in [5.74, 6) is -0.500. The van der Waals surface area contributed by atoms with E-state index in [1.54, 1.807) is 0 Å². The van der Waals surface area contributed by atoms with Gasteiger partial charge in [0.15, 0.2) is 0 Å². The van der Waals surface area contributed by atoms with Crippen LogP contribution in [0.15, 0.2) is 23.1 Å². The Morgan fingerprint density at radius 1 is 1.44 bits per heavy atom. The molecule has 0 amide bonds. The molecule has 1 aliphatic rings. The van der Waals surface area contributed by atoms with E-state index in [4.69, 9.17) is 0 Å². The maximum atomic E-state index is 13.4. The summed E-state index contributed by atoms with van der Waals surface area (Å²) in [4.78, 5) is 0.0214. The third kappa shape index (κ3) is 2.88. The summed E-state index contributed by atoms with van der Waals surface area (Å²) in [5.41, 5.74) is 0.161. The van der Waals surface area contributed by atoms with Crippen LogP contribution >= 0.6 is 0 Å². The van der Waals surface area contributed by atoms with Gasteiger partial charge >= 0.3 is 0 Å². The Labute approximate surface area is 107 Å². The van der Waals surface area contributed by atoms with E-state index in [0.29, 0.717) is 6.54 Å². The van der Waals surface area contributed by atoms with E-state index in [1.165, 1.54) is 25.1 Å². The first kappa shape index (κ1) is 13.5. The monoisotopic (exact) mass is 272 g/mol. The molecule has 1 saturated heterocycles. The van der Waals surface area contributed by atoms with Gasteiger partial charge in [0.25, 0.3) is 0 Å². The molecular weight excluding hydrogens is 255 g/mol. The van der Waals surface area contributed by atoms with E-state index in [1.807, 2.05) is 0 Å². The van der Waals surface area contributed by atoms with Crippen molar-refractivity contribution in [3.05, 3.63) is 29.6 Å². The molecule has 0 aliphatic carbocycles. The van der Waals surface area contributed by atoms with Gasteiger partial charge in [0.1, 0.15) is 5.82 Å². The fourth-order valence-corrected chi connectivity index (χ4v) is 3.64. The fourth-order valence-electron chi connectivity index (χ4n) is 2.11. The SMILES string of the molecule is Cc1c(F)cccc1S(=O)(=O)N[C@@H]1CCCNC1. The number of sulfonamides is 1. The zero-order valence-electron chi connectivity index (χ0n) is 10.2. The number of piperidine rings is 1. The molecule has 0 unspecified atom stereocenters. The molecule has 0 spiro atoms. The molecule has 0 bridgehead atoms. The second-order valence-electron chi connectivity index (χ2n) is 4.53. The highest BCUT2D eigenvalue weighted by Gasteiger charge is 2.23. The van der Waals surface area contributed by atoms with Gasteiger partial charge < -0.3 is 5.32 Å². The lowest BCUT2D eigenvalue weighted by Gasteiger charge is -2.24. The van der Waals surface area contributed by atoms with Crippen LogP contribution < -0.4 is 10.0 Å². The van der Waals surface area contributed by atoms with Gasteiger partial charge in [0.05, 0.1) is 4.90 Å². The molecule has 6 heteroatoms. The first-order chi connectivity index (χ1) is 8.50. The summed E-state index contributed by atoms with van der Waals surface area (Å²) in [6, 6.07) is 3.98. The third-order valence-corrected chi connectivity index (χ3v) is 4.79. The number of benzene rings is 1. The molecule has 1 heterocycles. The maximum absolute atomic E-state index is 13.4. The topological polar surface area (TPSA) is 58.2 Å². The van der Waals surface area contributed by atoms with Crippen LogP contribution in [0.25, 0.3) is 0 Å². The normalized spacial score (nSPS) is 20.9. The van der Waals surface area contributed by atoms with Gasteiger partial charge in [-0.3, -0.25) is 0 Å². The van der Waals surface area contributed by atoms with Crippen molar-refractivity contribution in [3.63, 3.8) is 0 Å². The molecule has 2 N–H and O–H groups in total. The van der Waals surface area contributed by atoms with Crippen molar-refractivity contribution in [3.8, 4) is 0 Å². The van der Waals surface area contributed by atoms with Crippen LogP contribution in [0, 0.1) is 12.7 Å². The highest BCUT2D eigenvalue weighted by Crippen LogP contribution is 2.18. The minimum absolute atomic E-state index is 0.0214. The van der Waals surface area contributed by atoms with Crippen LogP contribution in [0.2, 0.25) is 0 Å². The van der Waals surface area contributed by atoms with Crippen LogP contribution in [0.1, 0.15) is 18.4 Å². The van der Waals surface area contributed by atoms with Gasteiger partial charge in [-0.15, -0.1) is 0 Å². The Bertz CT molecular complexity index is 525. The van der Waals surface area contributed by atoms with Gasteiger partial charge in [-0.1, -0.05) is 6.07 Å². The fraction of sp³-hybridized carbons (Fsp3) is 0.500. The van der Waals surface area contributed by atoms with E-state index >= 15 is 0 Å². The Morgan fingerprint density at radius 3 is 2.89 bits per heavy atom. The van der Waals surface area contributed by atoms with Gasteiger partial charge in [0, 0.05) is 18.2 Å². The van der Waals surface area contributed by atoms with Crippen LogP contribution in [0.5, 0.6) is 0 Å². The quantitative estimate of drug-likeness (QED) is 0.868. The Morgan fingerprint density at radius 2 is 2.22 bits per heavy atom. The highest BCUT2D eigenvalue weighted by molar-refractivity contribution is 7.89. The first-order valence-corrected chi connectivity index (χ1v) is 7.47. The number of halogens is 1. The minimum atomic E-state index is -3.64. The van der Waals surface area contributed by atoms with Crippen molar-refractivity contribution in [1.82, 2.24) is 10.0 Å². The summed E-state index contributed by atoms with van der Waals surface area (Å²) < 4.78 is 40.3. The van der Waals surface area contributed by atoms with Crippen LogP contribution in [0.3, 0.4) is 0 Å². The van der Waals surface area contributed by atoms with Gasteiger partial charge in [-0.05, 0) is 38.4 Å².